The molecule has 0 heterocycles. The van der Waals surface area contributed by atoms with Crippen LogP contribution in [0.4, 0.5) is 11.4 Å². The third kappa shape index (κ3) is 6.01. The van der Waals surface area contributed by atoms with Crippen LogP contribution >= 0.6 is 12.2 Å². The van der Waals surface area contributed by atoms with Crippen LogP contribution < -0.4 is 16.0 Å². The number of rotatable bonds is 6. The van der Waals surface area contributed by atoms with E-state index in [4.69, 9.17) is 12.2 Å². The number of carbonyl (C=O) groups is 1. The highest BCUT2D eigenvalue weighted by Gasteiger charge is 2.01. The lowest BCUT2D eigenvalue weighted by Gasteiger charge is -2.10. The van der Waals surface area contributed by atoms with Gasteiger partial charge in [0.05, 0.1) is 0 Å². The highest BCUT2D eigenvalue weighted by atomic mass is 32.1. The van der Waals surface area contributed by atoms with Crippen molar-refractivity contribution in [2.45, 2.75) is 19.8 Å². The van der Waals surface area contributed by atoms with Gasteiger partial charge in [0.15, 0.2) is 5.11 Å². The molecule has 0 saturated carbocycles. The minimum atomic E-state index is 0.0337. The molecule has 1 aromatic carbocycles. The molecule has 0 unspecified atom stereocenters. The highest BCUT2D eigenvalue weighted by Crippen LogP contribution is 2.13. The van der Waals surface area contributed by atoms with E-state index in [1.54, 1.807) is 6.08 Å². The van der Waals surface area contributed by atoms with Gasteiger partial charge in [0.2, 0.25) is 5.91 Å². The third-order valence-corrected chi connectivity index (χ3v) is 2.56. The van der Waals surface area contributed by atoms with Gasteiger partial charge < -0.3 is 16.0 Å². The molecular formula is C14H19N3OS. The number of amides is 1. The van der Waals surface area contributed by atoms with E-state index in [1.165, 1.54) is 0 Å². The van der Waals surface area contributed by atoms with Crippen LogP contribution in [-0.2, 0) is 4.79 Å². The van der Waals surface area contributed by atoms with Gasteiger partial charge in [-0.25, -0.2) is 0 Å². The average molecular weight is 277 g/mol. The molecule has 0 bridgehead atoms. The summed E-state index contributed by atoms with van der Waals surface area (Å²) >= 11 is 5.10. The van der Waals surface area contributed by atoms with Crippen LogP contribution in [0.15, 0.2) is 36.9 Å². The second-order valence-corrected chi connectivity index (χ2v) is 4.41. The van der Waals surface area contributed by atoms with Crippen molar-refractivity contribution in [3.8, 4) is 0 Å². The molecule has 1 rings (SSSR count). The van der Waals surface area contributed by atoms with E-state index in [0.29, 0.717) is 18.1 Å². The maximum Gasteiger partial charge on any atom is 0.224 e. The maximum atomic E-state index is 11.4. The van der Waals surface area contributed by atoms with Crippen molar-refractivity contribution >= 4 is 34.6 Å². The summed E-state index contributed by atoms with van der Waals surface area (Å²) in [6.07, 6.45) is 3.12. The number of thiocarbonyl (C=S) groups is 1. The van der Waals surface area contributed by atoms with E-state index >= 15 is 0 Å². The predicted octanol–water partition coefficient (Wildman–Crippen LogP) is 2.90. The van der Waals surface area contributed by atoms with Crippen LogP contribution in [-0.4, -0.2) is 17.6 Å². The van der Waals surface area contributed by atoms with Crippen LogP contribution in [0.25, 0.3) is 0 Å². The molecule has 3 N–H and O–H groups in total. The first-order valence-corrected chi connectivity index (χ1v) is 6.62. The van der Waals surface area contributed by atoms with Crippen molar-refractivity contribution in [1.29, 1.82) is 0 Å². The van der Waals surface area contributed by atoms with Crippen LogP contribution in [0, 0.1) is 0 Å². The molecular weight excluding hydrogens is 258 g/mol. The molecule has 0 spiro atoms. The summed E-state index contributed by atoms with van der Waals surface area (Å²) in [7, 11) is 0. The van der Waals surface area contributed by atoms with E-state index in [0.717, 1.165) is 17.8 Å². The zero-order valence-electron chi connectivity index (χ0n) is 11.0. The van der Waals surface area contributed by atoms with Crippen LogP contribution in [0.1, 0.15) is 19.8 Å². The van der Waals surface area contributed by atoms with E-state index < -0.39 is 0 Å². The number of anilines is 2. The van der Waals surface area contributed by atoms with Gasteiger partial charge in [-0.3, -0.25) is 4.79 Å². The summed E-state index contributed by atoms with van der Waals surface area (Å²) in [4.78, 5) is 11.4. The Morgan fingerprint density at radius 3 is 2.37 bits per heavy atom. The molecule has 0 radical (unpaired) electrons. The molecule has 0 aromatic heterocycles. The standard InChI is InChI=1S/C14H19N3OS/c1-3-5-13(18)16-11-6-8-12(9-7-11)17-14(19)15-10-4-2/h4,6-9H,2-3,5,10H2,1H3,(H,16,18)(H2,15,17,19). The molecule has 1 aromatic rings. The van der Waals surface area contributed by atoms with Crippen molar-refractivity contribution in [1.82, 2.24) is 5.32 Å². The molecule has 19 heavy (non-hydrogen) atoms. The fraction of sp³-hybridized carbons (Fsp3) is 0.286. The SMILES string of the molecule is C=CCNC(=S)Nc1ccc(NC(=O)CCC)cc1. The fourth-order valence-corrected chi connectivity index (χ4v) is 1.63. The topological polar surface area (TPSA) is 53.2 Å². The molecule has 5 heteroatoms. The average Bonchev–Trinajstić information content (AvgIpc) is 2.39. The molecule has 0 fully saturated rings. The van der Waals surface area contributed by atoms with Gasteiger partial charge in [0.1, 0.15) is 0 Å². The van der Waals surface area contributed by atoms with Crippen molar-refractivity contribution in [2.24, 2.45) is 0 Å². The van der Waals surface area contributed by atoms with Crippen LogP contribution in [0.5, 0.6) is 0 Å². The maximum absolute atomic E-state index is 11.4. The molecule has 0 aliphatic heterocycles. The Morgan fingerprint density at radius 1 is 1.26 bits per heavy atom. The number of hydrogen-bond acceptors (Lipinski definition) is 2. The summed E-state index contributed by atoms with van der Waals surface area (Å²) in [6, 6.07) is 7.41. The lowest BCUT2D eigenvalue weighted by atomic mass is 10.2. The first-order chi connectivity index (χ1) is 9.15. The van der Waals surface area contributed by atoms with Gasteiger partial charge in [-0.1, -0.05) is 13.0 Å². The largest absolute Gasteiger partial charge is 0.359 e. The Morgan fingerprint density at radius 2 is 1.84 bits per heavy atom. The van der Waals surface area contributed by atoms with Crippen molar-refractivity contribution in [3.63, 3.8) is 0 Å². The van der Waals surface area contributed by atoms with Gasteiger partial charge >= 0.3 is 0 Å². The lowest BCUT2D eigenvalue weighted by molar-refractivity contribution is -0.116. The van der Waals surface area contributed by atoms with Crippen molar-refractivity contribution < 1.29 is 4.79 Å². The second kappa shape index (κ2) is 8.26. The molecule has 1 amide bonds. The van der Waals surface area contributed by atoms with Gasteiger partial charge in [0, 0.05) is 24.3 Å². The Hall–Kier alpha value is -1.88. The third-order valence-electron chi connectivity index (χ3n) is 2.31. The number of hydrogen-bond donors (Lipinski definition) is 3. The summed E-state index contributed by atoms with van der Waals surface area (Å²) in [6.45, 7) is 6.20. The molecule has 4 nitrogen and oxygen atoms in total. The highest BCUT2D eigenvalue weighted by molar-refractivity contribution is 7.80. The minimum absolute atomic E-state index is 0.0337. The zero-order chi connectivity index (χ0) is 14.1. The Balaban J connectivity index is 2.49. The molecule has 0 aliphatic carbocycles. The Kier molecular flexibility index (Phi) is 6.60. The normalized spacial score (nSPS) is 9.53. The van der Waals surface area contributed by atoms with E-state index in [-0.39, 0.29) is 5.91 Å². The van der Waals surface area contributed by atoms with Gasteiger partial charge in [-0.2, -0.15) is 0 Å². The minimum Gasteiger partial charge on any atom is -0.359 e. The lowest BCUT2D eigenvalue weighted by Crippen LogP contribution is -2.28. The Bertz CT molecular complexity index is 443. The molecule has 0 atom stereocenters. The van der Waals surface area contributed by atoms with E-state index in [9.17, 15) is 4.79 Å². The summed E-state index contributed by atoms with van der Waals surface area (Å²) in [5.41, 5.74) is 1.66. The first-order valence-electron chi connectivity index (χ1n) is 6.21. The monoisotopic (exact) mass is 277 g/mol. The van der Waals surface area contributed by atoms with E-state index in [2.05, 4.69) is 22.5 Å². The Labute approximate surface area is 119 Å². The molecule has 0 saturated heterocycles. The van der Waals surface area contributed by atoms with E-state index in [1.807, 2.05) is 31.2 Å². The quantitative estimate of drug-likeness (QED) is 0.553. The van der Waals surface area contributed by atoms with Crippen LogP contribution in [0.3, 0.4) is 0 Å². The predicted molar refractivity (Wildman–Crippen MR) is 84.4 cm³/mol. The van der Waals surface area contributed by atoms with Gasteiger partial charge in [0.25, 0.3) is 0 Å². The number of carbonyl (C=O) groups excluding carboxylic acids is 1. The number of nitrogens with one attached hydrogen (secondary N) is 3. The van der Waals surface area contributed by atoms with Gasteiger partial charge in [-0.05, 0) is 42.9 Å². The summed E-state index contributed by atoms with van der Waals surface area (Å²) < 4.78 is 0. The second-order valence-electron chi connectivity index (χ2n) is 4.00. The van der Waals surface area contributed by atoms with Crippen LogP contribution in [0.2, 0.25) is 0 Å². The molecule has 0 aliphatic rings. The molecule has 102 valence electrons. The summed E-state index contributed by atoms with van der Waals surface area (Å²) in [5, 5.41) is 9.39. The summed E-state index contributed by atoms with van der Waals surface area (Å²) in [5.74, 6) is 0.0337. The smallest absolute Gasteiger partial charge is 0.224 e. The van der Waals surface area contributed by atoms with Crippen molar-refractivity contribution in [2.75, 3.05) is 17.2 Å². The fourth-order valence-electron chi connectivity index (χ4n) is 1.43. The first kappa shape index (κ1) is 15.2. The number of benzene rings is 1. The van der Waals surface area contributed by atoms with Crippen molar-refractivity contribution in [3.05, 3.63) is 36.9 Å². The van der Waals surface area contributed by atoms with Gasteiger partial charge in [-0.15, -0.1) is 6.58 Å². The zero-order valence-corrected chi connectivity index (χ0v) is 11.8.